The normalized spacial score (nSPS) is 9.43. The minimum absolute atomic E-state index is 0.556. The van der Waals surface area contributed by atoms with E-state index in [1.54, 1.807) is 0 Å². The first-order valence-corrected chi connectivity index (χ1v) is 2.73. The summed E-state index contributed by atoms with van der Waals surface area (Å²) in [5.74, 6) is 0. The van der Waals surface area contributed by atoms with Crippen LogP contribution < -0.4 is 0 Å². The van der Waals surface area contributed by atoms with Crippen molar-refractivity contribution in [1.82, 2.24) is 0 Å². The monoisotopic (exact) mass is 244 g/mol. The third-order valence-electron chi connectivity index (χ3n) is 0. The molecule has 0 aromatic rings. The van der Waals surface area contributed by atoms with Crippen LogP contribution in [0.2, 0.25) is 0 Å². The Morgan fingerprint density at radius 1 is 1.00 bits per heavy atom. The summed E-state index contributed by atoms with van der Waals surface area (Å²) in [6.45, 7) is 0. The summed E-state index contributed by atoms with van der Waals surface area (Å²) >= 11 is 0.556. The van der Waals surface area contributed by atoms with Gasteiger partial charge in [0.2, 0.25) is 0 Å². The first-order chi connectivity index (χ1) is 3.00. The summed E-state index contributed by atoms with van der Waals surface area (Å²) in [5.41, 5.74) is 0. The fourth-order valence-corrected chi connectivity index (χ4v) is 0. The Kier molecular flexibility index (Phi) is 7.86. The molecule has 0 saturated heterocycles. The van der Waals surface area contributed by atoms with Gasteiger partial charge in [0, 0.05) is 0 Å². The molecule has 0 heterocycles. The van der Waals surface area contributed by atoms with Gasteiger partial charge < -0.3 is 17.3 Å². The third kappa shape index (κ3) is 193. The summed E-state index contributed by atoms with van der Waals surface area (Å²) in [7, 11) is -6.00. The average molecular weight is 246 g/mol. The van der Waals surface area contributed by atoms with Crippen LogP contribution in [0, 0.1) is 40.1 Å². The van der Waals surface area contributed by atoms with Crippen molar-refractivity contribution in [3.8, 4) is 0 Å². The van der Waals surface area contributed by atoms with Gasteiger partial charge in [-0.3, -0.25) is 0 Å². The van der Waals surface area contributed by atoms with Gasteiger partial charge in [-0.05, 0) is 0 Å². The van der Waals surface area contributed by atoms with E-state index in [1.807, 2.05) is 0 Å². The number of hydrogen-bond donors (Lipinski definition) is 1. The zero-order valence-corrected chi connectivity index (χ0v) is 6.30. The molecule has 0 unspecified atom stereocenters. The summed E-state index contributed by atoms with van der Waals surface area (Å²) in [5, 5.41) is 0. The van der Waals surface area contributed by atoms with Gasteiger partial charge >= 0.3 is 47.3 Å². The molecule has 0 fully saturated rings. The number of hydrogen-bond acceptors (Lipinski definition) is 1. The van der Waals surface area contributed by atoms with Crippen LogP contribution in [-0.2, 0) is 0 Å². The molecule has 0 aliphatic rings. The van der Waals surface area contributed by atoms with Gasteiger partial charge in [-0.1, -0.05) is 0 Å². The van der Waals surface area contributed by atoms with E-state index in [4.69, 9.17) is 1.41 Å². The first-order valence-electron chi connectivity index (χ1n) is 1.12. The van der Waals surface area contributed by atoms with Crippen LogP contribution in [0.5, 0.6) is 0 Å². The van der Waals surface area contributed by atoms with Crippen LogP contribution in [0.4, 0.5) is 17.3 Å². The Balaban J connectivity index is 0. The molecule has 0 amide bonds. The molecule has 1 N–H and O–H groups in total. The third-order valence-corrected chi connectivity index (χ3v) is 0. The number of nitrogens with one attached hydrogen (secondary N) is 1. The van der Waals surface area contributed by atoms with Crippen LogP contribution >= 0.6 is 0 Å². The van der Waals surface area contributed by atoms with Gasteiger partial charge in [-0.15, -0.1) is 0 Å². The van der Waals surface area contributed by atoms with Crippen molar-refractivity contribution >= 4 is 7.25 Å². The van der Waals surface area contributed by atoms with Gasteiger partial charge in [0.25, 0.3) is 0 Å². The summed E-state index contributed by atoms with van der Waals surface area (Å²) < 4.78 is 44.9. The maximum absolute atomic E-state index is 9.75. The van der Waals surface area contributed by atoms with Crippen molar-refractivity contribution in [2.75, 3.05) is 0 Å². The van der Waals surface area contributed by atoms with Crippen LogP contribution in [0.3, 0.4) is 0 Å². The molecule has 0 saturated carbocycles. The van der Waals surface area contributed by atoms with E-state index in [2.05, 4.69) is 0 Å². The molecule has 7 heteroatoms. The van der Waals surface area contributed by atoms with Crippen LogP contribution in [-0.4, -0.2) is 7.25 Å². The Labute approximate surface area is 64.1 Å². The molecule has 0 aliphatic carbocycles. The van der Waals surface area contributed by atoms with E-state index in [9.17, 15) is 17.3 Å². The van der Waals surface area contributed by atoms with Gasteiger partial charge in [0.1, 0.15) is 0 Å². The molecule has 0 rings (SSSR count). The van der Waals surface area contributed by atoms with E-state index in [-0.39, 0.29) is 0 Å². The molecule has 0 aromatic carbocycles. The molecule has 0 bridgehead atoms. The van der Waals surface area contributed by atoms with E-state index >= 15 is 0 Å². The Bertz CT molecular complexity index is 35.4. The van der Waals surface area contributed by atoms with Gasteiger partial charge in [-0.2, -0.15) is 0 Å². The van der Waals surface area contributed by atoms with Crippen LogP contribution in [0.25, 0.3) is 0 Å². The molecule has 1 nitrogen and oxygen atoms in total. The second-order valence-corrected chi connectivity index (χ2v) is 0.495. The minimum atomic E-state index is -6.00. The quantitative estimate of drug-likeness (QED) is 0.496. The van der Waals surface area contributed by atoms with Crippen molar-refractivity contribution in [3.63, 3.8) is 0 Å². The van der Waals surface area contributed by atoms with Crippen molar-refractivity contribution in [1.29, 1.82) is 1.41 Å². The molecule has 7 heavy (non-hydrogen) atoms. The second kappa shape index (κ2) is 5.08. The summed E-state index contributed by atoms with van der Waals surface area (Å²) in [4.78, 5) is 0. The topological polar surface area (TPSA) is 23.9 Å². The molecular formula is HBF4NNd. The predicted octanol–water partition coefficient (Wildman–Crippen LogP) is 1.60. The number of rotatable bonds is 0. The zero-order valence-electron chi connectivity index (χ0n) is 3.09. The summed E-state index contributed by atoms with van der Waals surface area (Å²) in [6.07, 6.45) is 0. The Morgan fingerprint density at radius 3 is 1.00 bits per heavy atom. The fraction of sp³-hybridized carbons (Fsp3) is 0. The van der Waals surface area contributed by atoms with Crippen molar-refractivity contribution in [2.24, 2.45) is 0 Å². The molecule has 0 radical (unpaired) electrons. The van der Waals surface area contributed by atoms with E-state index in [0.29, 0.717) is 38.7 Å². The van der Waals surface area contributed by atoms with E-state index < -0.39 is 7.25 Å². The van der Waals surface area contributed by atoms with Crippen molar-refractivity contribution in [2.45, 2.75) is 0 Å². The number of halogens is 4. The van der Waals surface area contributed by atoms with Crippen LogP contribution in [0.1, 0.15) is 0 Å². The van der Waals surface area contributed by atoms with Crippen LogP contribution in [0.15, 0.2) is 0 Å². The molecule has 0 atom stereocenters. The zero-order chi connectivity index (χ0) is 6.50. The van der Waals surface area contributed by atoms with E-state index in [1.165, 1.54) is 0 Å². The Hall–Kier alpha value is 0.936. The van der Waals surface area contributed by atoms with Gasteiger partial charge in [-0.25, -0.2) is 0 Å². The SMILES string of the molecule is F[B-](F)(F)F.[NH]=[Nd+]. The fourth-order valence-electron chi connectivity index (χ4n) is 0. The molecule has 0 aromatic heterocycles. The molecule has 41 valence electrons. The standard InChI is InChI=1S/BF4.HN.Nd/c2-1(3,4)5;;/h;1H;/q-1;;+1. The molecule has 0 aliphatic heterocycles. The average Bonchev–Trinajstić information content (AvgIpc) is 1.36. The summed E-state index contributed by atoms with van der Waals surface area (Å²) in [6, 6.07) is 0. The first kappa shape index (κ1) is 10.8. The van der Waals surface area contributed by atoms with Gasteiger partial charge in [0.05, 0.1) is 0 Å². The molecule has 0 spiro atoms. The molecular weight excluding hydrogens is 245 g/mol. The van der Waals surface area contributed by atoms with Crippen molar-refractivity contribution in [3.05, 3.63) is 0 Å². The maximum atomic E-state index is 9.75. The Morgan fingerprint density at radius 2 is 1.00 bits per heavy atom. The second-order valence-electron chi connectivity index (χ2n) is 0.495. The van der Waals surface area contributed by atoms with Gasteiger partial charge in [0.15, 0.2) is 0 Å². The van der Waals surface area contributed by atoms with E-state index in [0.717, 1.165) is 0 Å². The predicted molar refractivity (Wildman–Crippen MR) is 12.9 cm³/mol. The van der Waals surface area contributed by atoms with Crippen molar-refractivity contribution < 1.29 is 55.9 Å².